The van der Waals surface area contributed by atoms with Gasteiger partial charge in [-0.05, 0) is 73.5 Å². The van der Waals surface area contributed by atoms with Crippen LogP contribution >= 0.6 is 0 Å². The second-order valence-electron chi connectivity index (χ2n) is 8.97. The summed E-state index contributed by atoms with van der Waals surface area (Å²) in [6.07, 6.45) is 2.45. The molecule has 5 rings (SSSR count). The van der Waals surface area contributed by atoms with Crippen molar-refractivity contribution in [2.45, 2.75) is 19.4 Å². The number of methoxy groups -OCH3 is 2. The maximum Gasteiger partial charge on any atom is 0.337 e. The van der Waals surface area contributed by atoms with Crippen molar-refractivity contribution in [2.75, 3.05) is 21.3 Å². The fourth-order valence-electron chi connectivity index (χ4n) is 4.56. The third-order valence-electron chi connectivity index (χ3n) is 6.56. The van der Waals surface area contributed by atoms with Crippen molar-refractivity contribution in [1.82, 2.24) is 20.1 Å². The molecular weight excluding hydrogens is 485 g/mol. The maximum atomic E-state index is 13.3. The van der Waals surface area contributed by atoms with E-state index in [0.29, 0.717) is 23.6 Å². The standard InChI is InChI=1S/C29H28FN5O3/c1-18-15-21-16-26(37-3)27(38-4)17-24(21)28(33-35(18)29(36)31-2)20-7-11-23(12-8-20)34-14-13-25(32-34)19-5-9-22(30)10-6-19/h5-14,16-18H,15H2,1-4H3,(H,31,36)/t18-/m1/s1. The molecular formula is C29H28FN5O3. The number of carbonyl (C=O) groups excluding carboxylic acids is 1. The normalized spacial score (nSPS) is 14.8. The monoisotopic (exact) mass is 513 g/mol. The lowest BCUT2D eigenvalue weighted by Crippen LogP contribution is -2.41. The molecule has 2 amide bonds. The molecule has 38 heavy (non-hydrogen) atoms. The average Bonchev–Trinajstić information content (AvgIpc) is 3.39. The number of carbonyl (C=O) groups is 1. The lowest BCUT2D eigenvalue weighted by atomic mass is 9.94. The quantitative estimate of drug-likeness (QED) is 0.406. The number of nitrogens with one attached hydrogen (secondary N) is 1. The fourth-order valence-corrected chi connectivity index (χ4v) is 4.56. The Morgan fingerprint density at radius 3 is 2.29 bits per heavy atom. The molecule has 8 nitrogen and oxygen atoms in total. The Hall–Kier alpha value is -4.66. The van der Waals surface area contributed by atoms with Gasteiger partial charge in [0.15, 0.2) is 11.5 Å². The van der Waals surface area contributed by atoms with Crippen molar-refractivity contribution in [3.63, 3.8) is 0 Å². The number of rotatable bonds is 5. The zero-order chi connectivity index (χ0) is 26.8. The number of aromatic nitrogens is 2. The lowest BCUT2D eigenvalue weighted by molar-refractivity contribution is 0.184. The number of benzene rings is 3. The van der Waals surface area contributed by atoms with E-state index < -0.39 is 0 Å². The molecule has 0 unspecified atom stereocenters. The van der Waals surface area contributed by atoms with Crippen LogP contribution in [0.2, 0.25) is 0 Å². The highest BCUT2D eigenvalue weighted by Gasteiger charge is 2.28. The van der Waals surface area contributed by atoms with Crippen molar-refractivity contribution in [2.24, 2.45) is 5.10 Å². The van der Waals surface area contributed by atoms with Crippen molar-refractivity contribution in [1.29, 1.82) is 0 Å². The largest absolute Gasteiger partial charge is 0.493 e. The number of hydrogen-bond acceptors (Lipinski definition) is 5. The minimum Gasteiger partial charge on any atom is -0.493 e. The molecule has 4 aromatic rings. The molecule has 0 spiro atoms. The smallest absolute Gasteiger partial charge is 0.337 e. The third-order valence-corrected chi connectivity index (χ3v) is 6.56. The average molecular weight is 514 g/mol. The van der Waals surface area contributed by atoms with Gasteiger partial charge < -0.3 is 14.8 Å². The highest BCUT2D eigenvalue weighted by atomic mass is 19.1. The van der Waals surface area contributed by atoms with E-state index in [0.717, 1.165) is 33.6 Å². The first kappa shape index (κ1) is 25.0. The van der Waals surface area contributed by atoms with E-state index in [1.807, 2.05) is 55.6 Å². The molecule has 194 valence electrons. The summed E-state index contributed by atoms with van der Waals surface area (Å²) in [4.78, 5) is 12.7. The van der Waals surface area contributed by atoms with E-state index in [1.165, 1.54) is 17.1 Å². The van der Waals surface area contributed by atoms with Crippen LogP contribution in [0, 0.1) is 5.82 Å². The Bertz CT molecular complexity index is 1500. The molecule has 3 aromatic carbocycles. The zero-order valence-electron chi connectivity index (χ0n) is 21.6. The molecule has 0 bridgehead atoms. The molecule has 2 heterocycles. The molecule has 1 N–H and O–H groups in total. The predicted molar refractivity (Wildman–Crippen MR) is 144 cm³/mol. The van der Waals surface area contributed by atoms with Gasteiger partial charge in [0, 0.05) is 29.9 Å². The molecule has 0 saturated heterocycles. The van der Waals surface area contributed by atoms with E-state index in [9.17, 15) is 9.18 Å². The summed E-state index contributed by atoms with van der Waals surface area (Å²) in [7, 11) is 4.79. The van der Waals surface area contributed by atoms with Gasteiger partial charge in [-0.25, -0.2) is 18.9 Å². The second kappa shape index (κ2) is 10.4. The van der Waals surface area contributed by atoms with E-state index in [4.69, 9.17) is 14.6 Å². The van der Waals surface area contributed by atoms with E-state index in [1.54, 1.807) is 38.1 Å². The number of urea groups is 1. The highest BCUT2D eigenvalue weighted by molar-refractivity contribution is 6.14. The Morgan fingerprint density at radius 1 is 0.974 bits per heavy atom. The van der Waals surface area contributed by atoms with E-state index in [-0.39, 0.29) is 17.9 Å². The van der Waals surface area contributed by atoms with Crippen molar-refractivity contribution < 1.29 is 18.7 Å². The Balaban J connectivity index is 1.55. The minimum atomic E-state index is -0.289. The second-order valence-corrected chi connectivity index (χ2v) is 8.97. The molecule has 9 heteroatoms. The summed E-state index contributed by atoms with van der Waals surface area (Å²) in [6, 6.07) is 19.3. The number of nitrogens with zero attached hydrogens (tertiary/aromatic N) is 4. The topological polar surface area (TPSA) is 81.0 Å². The van der Waals surface area contributed by atoms with Gasteiger partial charge in [0.25, 0.3) is 0 Å². The van der Waals surface area contributed by atoms with Gasteiger partial charge >= 0.3 is 6.03 Å². The molecule has 1 atom stereocenters. The van der Waals surface area contributed by atoms with Crippen molar-refractivity contribution in [3.05, 3.63) is 95.4 Å². The summed E-state index contributed by atoms with van der Waals surface area (Å²) < 4.78 is 26.2. The van der Waals surface area contributed by atoms with Crippen LogP contribution in [0.4, 0.5) is 9.18 Å². The maximum absolute atomic E-state index is 13.3. The molecule has 1 aliphatic heterocycles. The van der Waals surface area contributed by atoms with Crippen LogP contribution in [0.3, 0.4) is 0 Å². The summed E-state index contributed by atoms with van der Waals surface area (Å²) in [6.45, 7) is 1.96. The number of hydrazone groups is 1. The van der Waals surface area contributed by atoms with Gasteiger partial charge in [-0.3, -0.25) is 0 Å². The van der Waals surface area contributed by atoms with E-state index in [2.05, 4.69) is 10.4 Å². The number of amides is 2. The summed E-state index contributed by atoms with van der Waals surface area (Å²) in [5, 5.41) is 13.6. The van der Waals surface area contributed by atoms with E-state index >= 15 is 0 Å². The van der Waals surface area contributed by atoms with Gasteiger partial charge in [0.2, 0.25) is 0 Å². The zero-order valence-corrected chi connectivity index (χ0v) is 21.6. The highest BCUT2D eigenvalue weighted by Crippen LogP contribution is 2.34. The number of hydrogen-bond donors (Lipinski definition) is 1. The number of halogens is 1. The summed E-state index contributed by atoms with van der Waals surface area (Å²) >= 11 is 0. The lowest BCUT2D eigenvalue weighted by Gasteiger charge is -2.22. The Labute approximate surface area is 220 Å². The first-order valence-electron chi connectivity index (χ1n) is 12.2. The first-order valence-corrected chi connectivity index (χ1v) is 12.2. The van der Waals surface area contributed by atoms with Crippen molar-refractivity contribution >= 4 is 11.7 Å². The molecule has 0 saturated carbocycles. The Morgan fingerprint density at radius 2 is 1.63 bits per heavy atom. The first-order chi connectivity index (χ1) is 18.4. The van der Waals surface area contributed by atoms with Crippen LogP contribution < -0.4 is 14.8 Å². The predicted octanol–water partition coefficient (Wildman–Crippen LogP) is 5.03. The molecule has 0 radical (unpaired) electrons. The summed E-state index contributed by atoms with van der Waals surface area (Å²) in [5.41, 5.74) is 5.77. The minimum absolute atomic E-state index is 0.183. The Kier molecular flexibility index (Phi) is 6.83. The van der Waals surface area contributed by atoms with Gasteiger partial charge in [0.05, 0.1) is 37.4 Å². The third kappa shape index (κ3) is 4.70. The van der Waals surface area contributed by atoms with Gasteiger partial charge in [-0.2, -0.15) is 10.2 Å². The van der Waals surface area contributed by atoms with Crippen LogP contribution in [0.1, 0.15) is 23.6 Å². The van der Waals surface area contributed by atoms with Crippen molar-refractivity contribution in [3.8, 4) is 28.4 Å². The number of fused-ring (bicyclic) bond motifs is 1. The van der Waals surface area contributed by atoms with Crippen LogP contribution in [0.25, 0.3) is 16.9 Å². The van der Waals surface area contributed by atoms with Crippen LogP contribution in [0.5, 0.6) is 11.5 Å². The van der Waals surface area contributed by atoms with Crippen LogP contribution in [0.15, 0.2) is 78.0 Å². The molecule has 0 aliphatic carbocycles. The van der Waals surface area contributed by atoms with Crippen LogP contribution in [-0.4, -0.2) is 53.8 Å². The SMILES string of the molecule is CNC(=O)N1N=C(c2ccc(-n3ccc(-c4ccc(F)cc4)n3)cc2)c2cc(OC)c(OC)cc2C[C@H]1C. The molecule has 1 aliphatic rings. The summed E-state index contributed by atoms with van der Waals surface area (Å²) in [5.74, 6) is 0.922. The molecule has 0 fully saturated rings. The van der Waals surface area contributed by atoms with Gasteiger partial charge in [-0.1, -0.05) is 12.1 Å². The fraction of sp³-hybridized carbons (Fsp3) is 0.207. The number of ether oxygens (including phenoxy) is 2. The van der Waals surface area contributed by atoms with Gasteiger partial charge in [-0.15, -0.1) is 0 Å². The van der Waals surface area contributed by atoms with Crippen LogP contribution in [-0.2, 0) is 6.42 Å². The van der Waals surface area contributed by atoms with Gasteiger partial charge in [0.1, 0.15) is 5.82 Å². The molecule has 1 aromatic heterocycles.